The molecule has 0 aliphatic heterocycles. The van der Waals surface area contributed by atoms with Crippen LogP contribution >= 0.6 is 11.6 Å². The Morgan fingerprint density at radius 2 is 2.24 bits per heavy atom. The number of nitrogens with zero attached hydrogens (tertiary/aromatic N) is 4. The molecule has 0 fully saturated rings. The van der Waals surface area contributed by atoms with Crippen LogP contribution in [0.5, 0.6) is 0 Å². The molecule has 90 valence electrons. The van der Waals surface area contributed by atoms with Gasteiger partial charge in [-0.3, -0.25) is 0 Å². The second-order valence-corrected chi connectivity index (χ2v) is 3.86. The largest absolute Gasteiger partial charge is 0.361 e. The van der Waals surface area contributed by atoms with E-state index in [0.29, 0.717) is 23.3 Å². The zero-order chi connectivity index (χ0) is 12.3. The van der Waals surface area contributed by atoms with E-state index in [9.17, 15) is 0 Å². The molecule has 0 atom stereocenters. The van der Waals surface area contributed by atoms with Crippen molar-refractivity contribution in [2.24, 2.45) is 7.05 Å². The summed E-state index contributed by atoms with van der Waals surface area (Å²) in [5, 5.41) is 6.47. The highest BCUT2D eigenvalue weighted by Crippen LogP contribution is 2.19. The topological polar surface area (TPSA) is 67.7 Å². The Bertz CT molecular complexity index is 509. The lowest BCUT2D eigenvalue weighted by molar-refractivity contribution is 0.810. The van der Waals surface area contributed by atoms with Crippen LogP contribution in [0.3, 0.4) is 0 Å². The summed E-state index contributed by atoms with van der Waals surface area (Å²) < 4.78 is 1.93. The van der Waals surface area contributed by atoms with E-state index in [0.717, 1.165) is 5.82 Å². The molecule has 2 rings (SSSR count). The summed E-state index contributed by atoms with van der Waals surface area (Å²) >= 11 is 5.99. The minimum atomic E-state index is 0.484. The third-order valence-corrected chi connectivity index (χ3v) is 2.58. The Balaban J connectivity index is 2.11. The fourth-order valence-corrected chi connectivity index (χ4v) is 1.50. The lowest BCUT2D eigenvalue weighted by atomic mass is 10.5. The first kappa shape index (κ1) is 11.7. The van der Waals surface area contributed by atoms with E-state index in [1.165, 1.54) is 0 Å². The van der Waals surface area contributed by atoms with Gasteiger partial charge in [0.15, 0.2) is 5.82 Å². The average Bonchev–Trinajstić information content (AvgIpc) is 2.74. The number of imidazole rings is 1. The maximum Gasteiger partial charge on any atom is 0.224 e. The molecule has 0 bridgehead atoms. The zero-order valence-corrected chi connectivity index (χ0v) is 10.4. The number of rotatable bonds is 4. The molecule has 0 aliphatic carbocycles. The number of aryl methyl sites for hydroxylation is 1. The van der Waals surface area contributed by atoms with Gasteiger partial charge in [0.25, 0.3) is 0 Å². The van der Waals surface area contributed by atoms with Gasteiger partial charge in [-0.15, -0.1) is 0 Å². The minimum Gasteiger partial charge on any atom is -0.361 e. The molecule has 0 radical (unpaired) electrons. The zero-order valence-electron chi connectivity index (χ0n) is 9.61. The van der Waals surface area contributed by atoms with Gasteiger partial charge in [-0.1, -0.05) is 11.6 Å². The summed E-state index contributed by atoms with van der Waals surface area (Å²) in [6.45, 7) is 0.559. The highest BCUT2D eigenvalue weighted by atomic mass is 35.5. The first-order valence-electron chi connectivity index (χ1n) is 5.11. The van der Waals surface area contributed by atoms with Gasteiger partial charge >= 0.3 is 0 Å². The number of anilines is 2. The molecule has 7 heteroatoms. The van der Waals surface area contributed by atoms with Crippen molar-refractivity contribution in [3.63, 3.8) is 0 Å². The molecule has 0 saturated carbocycles. The van der Waals surface area contributed by atoms with Gasteiger partial charge in [-0.25, -0.2) is 9.97 Å². The van der Waals surface area contributed by atoms with Gasteiger partial charge in [0.2, 0.25) is 5.95 Å². The molecule has 0 amide bonds. The molecule has 2 aromatic rings. The lowest BCUT2D eigenvalue weighted by Crippen LogP contribution is -2.08. The summed E-state index contributed by atoms with van der Waals surface area (Å²) in [5.41, 5.74) is 0. The van der Waals surface area contributed by atoms with Gasteiger partial charge in [-0.2, -0.15) is 4.98 Å². The lowest BCUT2D eigenvalue weighted by Gasteiger charge is -2.08. The summed E-state index contributed by atoms with van der Waals surface area (Å²) in [6.07, 6.45) is 5.19. The van der Waals surface area contributed by atoms with Crippen LogP contribution in [0.25, 0.3) is 0 Å². The van der Waals surface area contributed by atoms with Crippen molar-refractivity contribution >= 4 is 23.4 Å². The van der Waals surface area contributed by atoms with Gasteiger partial charge < -0.3 is 15.2 Å². The summed E-state index contributed by atoms with van der Waals surface area (Å²) in [4.78, 5) is 12.4. The normalized spacial score (nSPS) is 10.3. The van der Waals surface area contributed by atoms with Crippen molar-refractivity contribution in [2.45, 2.75) is 6.54 Å². The van der Waals surface area contributed by atoms with E-state index in [1.807, 2.05) is 17.8 Å². The molecule has 17 heavy (non-hydrogen) atoms. The predicted octanol–water partition coefficient (Wildman–Crippen LogP) is 1.52. The van der Waals surface area contributed by atoms with Crippen LogP contribution in [-0.2, 0) is 13.6 Å². The van der Waals surface area contributed by atoms with Crippen LogP contribution in [0, 0.1) is 0 Å². The fourth-order valence-electron chi connectivity index (χ4n) is 1.34. The van der Waals surface area contributed by atoms with Crippen molar-refractivity contribution in [3.8, 4) is 0 Å². The molecule has 2 N–H and O–H groups in total. The van der Waals surface area contributed by atoms with Crippen molar-refractivity contribution in [3.05, 3.63) is 29.4 Å². The maximum absolute atomic E-state index is 5.99. The van der Waals surface area contributed by atoms with Crippen LogP contribution in [-0.4, -0.2) is 26.6 Å². The molecule has 0 saturated heterocycles. The van der Waals surface area contributed by atoms with E-state index in [-0.39, 0.29) is 0 Å². The first-order valence-corrected chi connectivity index (χ1v) is 5.49. The molecule has 0 aliphatic rings. The van der Waals surface area contributed by atoms with E-state index in [2.05, 4.69) is 25.6 Å². The third kappa shape index (κ3) is 2.65. The Morgan fingerprint density at radius 1 is 1.41 bits per heavy atom. The van der Waals surface area contributed by atoms with E-state index < -0.39 is 0 Å². The predicted molar refractivity (Wildman–Crippen MR) is 67.1 cm³/mol. The van der Waals surface area contributed by atoms with Crippen molar-refractivity contribution in [1.82, 2.24) is 19.5 Å². The molecule has 2 aromatic heterocycles. The Kier molecular flexibility index (Phi) is 3.43. The molecule has 0 unspecified atom stereocenters. The summed E-state index contributed by atoms with van der Waals surface area (Å²) in [5.74, 6) is 2.02. The second-order valence-electron chi connectivity index (χ2n) is 3.45. The van der Waals surface area contributed by atoms with Gasteiger partial charge in [0.05, 0.1) is 12.7 Å². The molecule has 6 nitrogen and oxygen atoms in total. The van der Waals surface area contributed by atoms with Gasteiger partial charge in [-0.05, 0) is 0 Å². The maximum atomic E-state index is 5.99. The van der Waals surface area contributed by atoms with Gasteiger partial charge in [0.1, 0.15) is 10.8 Å². The molecular weight excluding hydrogens is 240 g/mol. The molecule has 2 heterocycles. The first-order chi connectivity index (χ1) is 8.20. The van der Waals surface area contributed by atoms with Crippen LogP contribution < -0.4 is 10.6 Å². The van der Waals surface area contributed by atoms with Gasteiger partial charge in [0, 0.05) is 26.5 Å². The highest BCUT2D eigenvalue weighted by molar-refractivity contribution is 6.32. The summed E-state index contributed by atoms with van der Waals surface area (Å²) in [6, 6.07) is 0. The summed E-state index contributed by atoms with van der Waals surface area (Å²) in [7, 11) is 3.69. The van der Waals surface area contributed by atoms with Crippen LogP contribution in [0.4, 0.5) is 11.8 Å². The molecular formula is C10H13ClN6. The number of hydrogen-bond donors (Lipinski definition) is 2. The van der Waals surface area contributed by atoms with Crippen LogP contribution in [0.15, 0.2) is 18.6 Å². The Labute approximate surface area is 104 Å². The second kappa shape index (κ2) is 5.01. The number of nitrogens with one attached hydrogen (secondary N) is 2. The monoisotopic (exact) mass is 252 g/mol. The van der Waals surface area contributed by atoms with Crippen molar-refractivity contribution < 1.29 is 0 Å². The Morgan fingerprint density at radius 3 is 2.88 bits per heavy atom. The van der Waals surface area contributed by atoms with Crippen LogP contribution in [0.2, 0.25) is 5.02 Å². The minimum absolute atomic E-state index is 0.484. The molecule has 0 spiro atoms. The van der Waals surface area contributed by atoms with Crippen molar-refractivity contribution in [1.29, 1.82) is 0 Å². The van der Waals surface area contributed by atoms with E-state index >= 15 is 0 Å². The fraction of sp³-hybridized carbons (Fsp3) is 0.300. The average molecular weight is 253 g/mol. The highest BCUT2D eigenvalue weighted by Gasteiger charge is 2.05. The Hall–Kier alpha value is -1.82. The number of hydrogen-bond acceptors (Lipinski definition) is 5. The van der Waals surface area contributed by atoms with E-state index in [1.54, 1.807) is 19.4 Å². The third-order valence-electron chi connectivity index (χ3n) is 2.30. The quantitative estimate of drug-likeness (QED) is 0.864. The number of halogens is 1. The van der Waals surface area contributed by atoms with E-state index in [4.69, 9.17) is 11.6 Å². The molecule has 0 aromatic carbocycles. The smallest absolute Gasteiger partial charge is 0.224 e. The van der Waals surface area contributed by atoms with Crippen LogP contribution in [0.1, 0.15) is 5.82 Å². The number of aromatic nitrogens is 4. The standard InChI is InChI=1S/C10H13ClN6/c1-12-10-15-5-7(11)9(16-10)14-6-8-13-3-4-17(8)2/h3-5H,6H2,1-2H3,(H2,12,14,15,16). The van der Waals surface area contributed by atoms with Crippen molar-refractivity contribution in [2.75, 3.05) is 17.7 Å². The SMILES string of the molecule is CNc1ncc(Cl)c(NCc2nccn2C)n1.